The van der Waals surface area contributed by atoms with E-state index in [1.54, 1.807) is 10.7 Å². The number of Topliss-reactive ketones (excluding diaryl/α,β-unsaturated/α-hetero) is 1. The van der Waals surface area contributed by atoms with Crippen LogP contribution in [0.2, 0.25) is 4.34 Å². The summed E-state index contributed by atoms with van der Waals surface area (Å²) in [6.07, 6.45) is 3.44. The zero-order chi connectivity index (χ0) is 16.2. The maximum absolute atomic E-state index is 12.1. The van der Waals surface area contributed by atoms with Crippen LogP contribution in [0.3, 0.4) is 0 Å². The second kappa shape index (κ2) is 5.37. The van der Waals surface area contributed by atoms with Gasteiger partial charge in [0.05, 0.1) is 16.1 Å². The number of hydrogen-bond acceptors (Lipinski definition) is 6. The molecule has 0 unspecified atom stereocenters. The second-order valence-electron chi connectivity index (χ2n) is 6.35. The minimum atomic E-state index is -0.478. The average molecular weight is 353 g/mol. The quantitative estimate of drug-likeness (QED) is 0.853. The molecule has 2 aliphatic heterocycles. The third-order valence-electron chi connectivity index (χ3n) is 4.53. The fourth-order valence-electron chi connectivity index (χ4n) is 3.64. The predicted octanol–water partition coefficient (Wildman–Crippen LogP) is 2.45. The van der Waals surface area contributed by atoms with Crippen molar-refractivity contribution in [3.8, 4) is 0 Å². The van der Waals surface area contributed by atoms with Crippen LogP contribution in [0.15, 0.2) is 12.3 Å². The highest BCUT2D eigenvalue weighted by atomic mass is 35.5. The molecule has 1 N–H and O–H groups in total. The molecule has 0 bridgehead atoms. The monoisotopic (exact) mass is 352 g/mol. The summed E-state index contributed by atoms with van der Waals surface area (Å²) in [5.41, 5.74) is 1.13. The van der Waals surface area contributed by atoms with Crippen LogP contribution in [0, 0.1) is 0 Å². The van der Waals surface area contributed by atoms with Gasteiger partial charge in [-0.2, -0.15) is 0 Å². The van der Waals surface area contributed by atoms with E-state index >= 15 is 0 Å². The molecule has 1 spiro atoms. The van der Waals surface area contributed by atoms with Crippen LogP contribution in [0.4, 0.5) is 0 Å². The van der Waals surface area contributed by atoms with Crippen LogP contribution >= 0.6 is 22.9 Å². The summed E-state index contributed by atoms with van der Waals surface area (Å²) >= 11 is 7.64. The number of ketones is 1. The Labute approximate surface area is 142 Å². The molecule has 0 amide bonds. The van der Waals surface area contributed by atoms with Gasteiger partial charge in [-0.1, -0.05) is 16.8 Å². The van der Waals surface area contributed by atoms with Gasteiger partial charge in [0.1, 0.15) is 12.2 Å². The van der Waals surface area contributed by atoms with Crippen LogP contribution in [0.5, 0.6) is 0 Å². The summed E-state index contributed by atoms with van der Waals surface area (Å²) in [5.74, 6) is 0.0102. The highest BCUT2D eigenvalue weighted by Crippen LogP contribution is 2.49. The minimum Gasteiger partial charge on any atom is -0.361 e. The summed E-state index contributed by atoms with van der Waals surface area (Å²) in [4.78, 5) is 13.1. The number of hydrogen-bond donors (Lipinski definition) is 1. The molecule has 122 valence electrons. The number of halogens is 1. The Morgan fingerprint density at radius 1 is 1.52 bits per heavy atom. The first-order valence-electron chi connectivity index (χ1n) is 7.56. The second-order valence-corrected chi connectivity index (χ2v) is 8.03. The number of fused-ring (bicyclic) bond motifs is 2. The lowest BCUT2D eigenvalue weighted by Gasteiger charge is -2.45. The number of ether oxygens (including phenoxy) is 1. The highest BCUT2D eigenvalue weighted by Gasteiger charge is 2.48. The Morgan fingerprint density at radius 2 is 2.35 bits per heavy atom. The predicted molar refractivity (Wildman–Crippen MR) is 86.9 cm³/mol. The molecule has 2 aliphatic rings. The molecule has 23 heavy (non-hydrogen) atoms. The molecule has 0 saturated carbocycles. The van der Waals surface area contributed by atoms with Gasteiger partial charge in [-0.05, 0) is 19.4 Å². The third-order valence-corrected chi connectivity index (χ3v) is 5.98. The largest absolute Gasteiger partial charge is 0.361 e. The Morgan fingerprint density at radius 3 is 3.09 bits per heavy atom. The standard InChI is InChI=1S/C15H17ClN4O2S/c1-8-4-15(5-10(17-8)11-6-20(2)19-18-11)14-9(3-13(16)23-14)12(21)7-22-15/h3,6,8,10,17H,4-5,7H2,1-2H3/t8-,10-,15-/m0/s1. The zero-order valence-electron chi connectivity index (χ0n) is 12.9. The van der Waals surface area contributed by atoms with Crippen molar-refractivity contribution >= 4 is 28.7 Å². The number of carbonyl (C=O) groups is 1. The van der Waals surface area contributed by atoms with Crippen LogP contribution in [-0.4, -0.2) is 33.4 Å². The third kappa shape index (κ3) is 2.52. The molecule has 2 aromatic rings. The molecule has 0 aromatic carbocycles. The van der Waals surface area contributed by atoms with E-state index < -0.39 is 5.60 Å². The van der Waals surface area contributed by atoms with Crippen molar-refractivity contribution in [2.24, 2.45) is 7.05 Å². The summed E-state index contributed by atoms with van der Waals surface area (Å²) < 4.78 is 8.43. The smallest absolute Gasteiger partial charge is 0.189 e. The molecule has 4 rings (SSSR count). The van der Waals surface area contributed by atoms with Crippen LogP contribution in [-0.2, 0) is 17.4 Å². The van der Waals surface area contributed by atoms with Crippen LogP contribution in [0.25, 0.3) is 0 Å². The first-order valence-corrected chi connectivity index (χ1v) is 8.75. The molecule has 0 radical (unpaired) electrons. The summed E-state index contributed by atoms with van der Waals surface area (Å²) in [6, 6.07) is 2.05. The van der Waals surface area contributed by atoms with E-state index in [9.17, 15) is 4.79 Å². The minimum absolute atomic E-state index is 0.0102. The van der Waals surface area contributed by atoms with E-state index in [2.05, 4.69) is 22.6 Å². The molecule has 1 saturated heterocycles. The van der Waals surface area contributed by atoms with Gasteiger partial charge in [0.25, 0.3) is 0 Å². The first-order chi connectivity index (χ1) is 11.0. The lowest BCUT2D eigenvalue weighted by atomic mass is 9.79. The number of thiophene rings is 1. The van der Waals surface area contributed by atoms with E-state index in [0.717, 1.165) is 22.6 Å². The Hall–Kier alpha value is -1.28. The fourth-order valence-corrected chi connectivity index (χ4v) is 5.05. The van der Waals surface area contributed by atoms with E-state index in [1.807, 2.05) is 13.2 Å². The zero-order valence-corrected chi connectivity index (χ0v) is 14.4. The van der Waals surface area contributed by atoms with Gasteiger partial charge in [0.15, 0.2) is 5.78 Å². The number of nitrogens with zero attached hydrogens (tertiary/aromatic N) is 3. The molecule has 0 aliphatic carbocycles. The molecule has 3 atom stereocenters. The van der Waals surface area contributed by atoms with Gasteiger partial charge in [-0.15, -0.1) is 16.4 Å². The Balaban J connectivity index is 1.75. The lowest BCUT2D eigenvalue weighted by Crippen LogP contribution is -2.50. The van der Waals surface area contributed by atoms with E-state index in [1.165, 1.54) is 11.3 Å². The van der Waals surface area contributed by atoms with Crippen molar-refractivity contribution in [2.45, 2.75) is 37.5 Å². The number of rotatable bonds is 1. The molecule has 1 fully saturated rings. The van der Waals surface area contributed by atoms with Gasteiger partial charge < -0.3 is 10.1 Å². The number of piperidine rings is 1. The molecule has 6 nitrogen and oxygen atoms in total. The first kappa shape index (κ1) is 15.3. The lowest BCUT2D eigenvalue weighted by molar-refractivity contribution is -0.0845. The molecule has 8 heteroatoms. The Bertz CT molecular complexity index is 773. The molecule has 4 heterocycles. The van der Waals surface area contributed by atoms with Crippen LogP contribution in [0.1, 0.15) is 46.7 Å². The van der Waals surface area contributed by atoms with Crippen molar-refractivity contribution in [3.05, 3.63) is 32.7 Å². The summed E-state index contributed by atoms with van der Waals surface area (Å²) in [6.45, 7) is 2.24. The molecular weight excluding hydrogens is 336 g/mol. The average Bonchev–Trinajstić information content (AvgIpc) is 3.10. The van der Waals surface area contributed by atoms with Gasteiger partial charge in [0.2, 0.25) is 0 Å². The number of aromatic nitrogens is 3. The number of carbonyl (C=O) groups excluding carboxylic acids is 1. The maximum Gasteiger partial charge on any atom is 0.189 e. The van der Waals surface area contributed by atoms with E-state index in [4.69, 9.17) is 16.3 Å². The van der Waals surface area contributed by atoms with Crippen molar-refractivity contribution in [1.82, 2.24) is 20.3 Å². The number of aryl methyl sites for hydroxylation is 1. The fraction of sp³-hybridized carbons (Fsp3) is 0.533. The van der Waals surface area contributed by atoms with Gasteiger partial charge in [-0.25, -0.2) is 0 Å². The van der Waals surface area contributed by atoms with Crippen molar-refractivity contribution in [1.29, 1.82) is 0 Å². The van der Waals surface area contributed by atoms with Crippen molar-refractivity contribution in [3.63, 3.8) is 0 Å². The maximum atomic E-state index is 12.1. The summed E-state index contributed by atoms with van der Waals surface area (Å²) in [7, 11) is 1.85. The van der Waals surface area contributed by atoms with E-state index in [0.29, 0.717) is 10.8 Å². The summed E-state index contributed by atoms with van der Waals surface area (Å²) in [5, 5.41) is 11.8. The highest BCUT2D eigenvalue weighted by molar-refractivity contribution is 7.16. The van der Waals surface area contributed by atoms with Gasteiger partial charge in [0, 0.05) is 36.1 Å². The van der Waals surface area contributed by atoms with Crippen molar-refractivity contribution < 1.29 is 9.53 Å². The number of nitrogens with one attached hydrogen (secondary N) is 1. The Kier molecular flexibility index (Phi) is 3.57. The SMILES string of the molecule is C[C@H]1C[C@@]2(C[C@@H](c3cn(C)nn3)N1)OCC(=O)c1cc(Cl)sc12. The van der Waals surface area contributed by atoms with Crippen LogP contribution < -0.4 is 5.32 Å². The molecule has 2 aromatic heterocycles. The van der Waals surface area contributed by atoms with Gasteiger partial charge in [-0.3, -0.25) is 9.48 Å². The van der Waals surface area contributed by atoms with Gasteiger partial charge >= 0.3 is 0 Å². The van der Waals surface area contributed by atoms with Crippen molar-refractivity contribution in [2.75, 3.05) is 6.61 Å². The van der Waals surface area contributed by atoms with E-state index in [-0.39, 0.29) is 24.5 Å². The topological polar surface area (TPSA) is 69.0 Å². The molecular formula is C15H17ClN4O2S. The normalized spacial score (nSPS) is 30.7.